The number of hydrogen-bond acceptors (Lipinski definition) is 5. The highest BCUT2D eigenvalue weighted by atomic mass is 16.5. The van der Waals surface area contributed by atoms with Gasteiger partial charge in [0.2, 0.25) is 0 Å². The van der Waals surface area contributed by atoms with Crippen molar-refractivity contribution in [2.45, 2.75) is 56.5 Å². The van der Waals surface area contributed by atoms with E-state index in [1.54, 1.807) is 7.11 Å². The van der Waals surface area contributed by atoms with Crippen LogP contribution < -0.4 is 10.1 Å². The van der Waals surface area contributed by atoms with Crippen LogP contribution in [-0.2, 0) is 14.3 Å². The van der Waals surface area contributed by atoms with Crippen LogP contribution in [0.4, 0.5) is 0 Å². The van der Waals surface area contributed by atoms with Gasteiger partial charge < -0.3 is 14.8 Å². The molecular weight excluding hydrogens is 426 g/mol. The Labute approximate surface area is 200 Å². The van der Waals surface area contributed by atoms with Crippen molar-refractivity contribution >= 4 is 11.8 Å². The van der Waals surface area contributed by atoms with Crippen molar-refractivity contribution < 1.29 is 19.1 Å². The lowest BCUT2D eigenvalue weighted by Crippen LogP contribution is -2.42. The van der Waals surface area contributed by atoms with Crippen LogP contribution in [0.1, 0.15) is 61.5 Å². The van der Waals surface area contributed by atoms with Gasteiger partial charge in [0.25, 0.3) is 0 Å². The number of methoxy groups -OCH3 is 1. The molecule has 1 aliphatic heterocycles. The van der Waals surface area contributed by atoms with E-state index < -0.39 is 11.8 Å². The van der Waals surface area contributed by atoms with Gasteiger partial charge in [0.15, 0.2) is 5.78 Å². The summed E-state index contributed by atoms with van der Waals surface area (Å²) in [4.78, 5) is 27.1. The Kier molecular flexibility index (Phi) is 6.27. The minimum Gasteiger partial charge on any atom is -0.497 e. The average Bonchev–Trinajstić information content (AvgIpc) is 3.36. The Morgan fingerprint density at radius 2 is 1.74 bits per heavy atom. The highest BCUT2D eigenvalue weighted by Crippen LogP contribution is 2.47. The van der Waals surface area contributed by atoms with Crippen LogP contribution in [0.15, 0.2) is 78.1 Å². The molecule has 34 heavy (non-hydrogen) atoms. The molecule has 2 aromatic rings. The molecule has 1 heterocycles. The van der Waals surface area contributed by atoms with E-state index in [0.717, 1.165) is 42.5 Å². The number of Topliss-reactive ketones (excluding diaryl/α,β-unsaturated/α-hetero) is 1. The number of rotatable bonds is 5. The number of carbonyl (C=O) groups is 2. The molecule has 3 atom stereocenters. The molecule has 3 unspecified atom stereocenters. The van der Waals surface area contributed by atoms with Crippen molar-refractivity contribution in [1.82, 2.24) is 5.32 Å². The number of hydrogen-bond donors (Lipinski definition) is 1. The van der Waals surface area contributed by atoms with Crippen LogP contribution in [-0.4, -0.2) is 25.0 Å². The lowest BCUT2D eigenvalue weighted by atomic mass is 9.69. The first kappa shape index (κ1) is 22.5. The molecule has 176 valence electrons. The molecule has 0 amide bonds. The summed E-state index contributed by atoms with van der Waals surface area (Å²) >= 11 is 0. The first-order chi connectivity index (χ1) is 16.5. The second kappa shape index (κ2) is 9.49. The monoisotopic (exact) mass is 457 g/mol. The zero-order valence-corrected chi connectivity index (χ0v) is 19.6. The van der Waals surface area contributed by atoms with Crippen LogP contribution >= 0.6 is 0 Å². The van der Waals surface area contributed by atoms with Gasteiger partial charge in [-0.1, -0.05) is 49.0 Å². The standard InChI is InChI=1S/C29H31NO4/c1-18-26(29(32)34-22-12-6-7-13-22)27(20-11-8-14-23(15-20)33-2)28-24(30-18)16-21(17-25(28)31)19-9-4-3-5-10-19/h3-5,8-11,14-15,21-22,26-27,30H,1,6-7,12-13,16-17H2,2H3. The third-order valence-electron chi connectivity index (χ3n) is 7.40. The Morgan fingerprint density at radius 1 is 1.00 bits per heavy atom. The van der Waals surface area contributed by atoms with Crippen LogP contribution in [0.3, 0.4) is 0 Å². The van der Waals surface area contributed by atoms with Crippen LogP contribution in [0.2, 0.25) is 0 Å². The molecule has 1 saturated carbocycles. The topological polar surface area (TPSA) is 64.6 Å². The third kappa shape index (κ3) is 4.27. The van der Waals surface area contributed by atoms with Crippen molar-refractivity contribution in [2.75, 3.05) is 7.11 Å². The van der Waals surface area contributed by atoms with E-state index in [1.165, 1.54) is 0 Å². The molecule has 5 nitrogen and oxygen atoms in total. The Bertz CT molecular complexity index is 1130. The van der Waals surface area contributed by atoms with E-state index in [9.17, 15) is 9.59 Å². The fourth-order valence-electron chi connectivity index (χ4n) is 5.73. The minimum absolute atomic E-state index is 0.0499. The molecule has 5 rings (SSSR count). The summed E-state index contributed by atoms with van der Waals surface area (Å²) in [6, 6.07) is 17.8. The van der Waals surface area contributed by atoms with Gasteiger partial charge in [-0.25, -0.2) is 0 Å². The lowest BCUT2D eigenvalue weighted by molar-refractivity contribution is -0.153. The maximum Gasteiger partial charge on any atom is 0.316 e. The minimum atomic E-state index is -0.663. The molecule has 3 aliphatic rings. The predicted octanol–water partition coefficient (Wildman–Crippen LogP) is 5.40. The number of nitrogens with one attached hydrogen (secondary N) is 1. The fourth-order valence-corrected chi connectivity index (χ4v) is 5.73. The summed E-state index contributed by atoms with van der Waals surface area (Å²) in [5.74, 6) is -0.554. The smallest absolute Gasteiger partial charge is 0.316 e. The maximum absolute atomic E-state index is 13.7. The fraction of sp³-hybridized carbons (Fsp3) is 0.379. The van der Waals surface area contributed by atoms with Gasteiger partial charge >= 0.3 is 5.97 Å². The Morgan fingerprint density at radius 3 is 2.47 bits per heavy atom. The van der Waals surface area contributed by atoms with Gasteiger partial charge in [0.1, 0.15) is 17.8 Å². The zero-order chi connectivity index (χ0) is 23.7. The van der Waals surface area contributed by atoms with Gasteiger partial charge in [-0.05, 0) is 61.3 Å². The van der Waals surface area contributed by atoms with Gasteiger partial charge in [-0.2, -0.15) is 0 Å². The number of ether oxygens (including phenoxy) is 2. The van der Waals surface area contributed by atoms with E-state index in [1.807, 2.05) is 42.5 Å². The number of benzene rings is 2. The second-order valence-electron chi connectivity index (χ2n) is 9.56. The molecule has 1 N–H and O–H groups in total. The molecule has 0 saturated heterocycles. The number of esters is 1. The Hall–Kier alpha value is -3.34. The predicted molar refractivity (Wildman–Crippen MR) is 130 cm³/mol. The number of allylic oxidation sites excluding steroid dienone is 2. The first-order valence-electron chi connectivity index (χ1n) is 12.2. The van der Waals surface area contributed by atoms with E-state index in [-0.39, 0.29) is 23.8 Å². The van der Waals surface area contributed by atoms with Crippen molar-refractivity contribution in [2.24, 2.45) is 5.92 Å². The van der Waals surface area contributed by atoms with Crippen molar-refractivity contribution in [3.05, 3.63) is 89.3 Å². The molecule has 1 fully saturated rings. The highest BCUT2D eigenvalue weighted by Gasteiger charge is 2.46. The average molecular weight is 458 g/mol. The third-order valence-corrected chi connectivity index (χ3v) is 7.40. The van der Waals surface area contributed by atoms with Crippen molar-refractivity contribution in [1.29, 1.82) is 0 Å². The molecule has 5 heteroatoms. The van der Waals surface area contributed by atoms with Gasteiger partial charge in [0.05, 0.1) is 7.11 Å². The zero-order valence-electron chi connectivity index (χ0n) is 19.6. The van der Waals surface area contributed by atoms with E-state index in [0.29, 0.717) is 29.9 Å². The molecule has 0 aromatic heterocycles. The van der Waals surface area contributed by atoms with Crippen LogP contribution in [0, 0.1) is 5.92 Å². The molecule has 0 radical (unpaired) electrons. The summed E-state index contributed by atoms with van der Waals surface area (Å²) < 4.78 is 11.4. The SMILES string of the molecule is C=C1NC2=C(C(=O)CC(c3ccccc3)C2)C(c2cccc(OC)c2)C1C(=O)OC1CCCC1. The van der Waals surface area contributed by atoms with Crippen LogP contribution in [0.25, 0.3) is 0 Å². The maximum atomic E-state index is 13.7. The Balaban J connectivity index is 1.55. The normalized spacial score (nSPS) is 25.0. The van der Waals surface area contributed by atoms with Gasteiger partial charge in [0, 0.05) is 29.3 Å². The molecule has 2 aromatic carbocycles. The number of ketones is 1. The van der Waals surface area contributed by atoms with Gasteiger partial charge in [-0.3, -0.25) is 9.59 Å². The van der Waals surface area contributed by atoms with Crippen LogP contribution in [0.5, 0.6) is 5.75 Å². The van der Waals surface area contributed by atoms with Gasteiger partial charge in [-0.15, -0.1) is 0 Å². The van der Waals surface area contributed by atoms with E-state index in [2.05, 4.69) is 24.0 Å². The van der Waals surface area contributed by atoms with E-state index >= 15 is 0 Å². The quantitative estimate of drug-likeness (QED) is 0.609. The molecule has 0 spiro atoms. The summed E-state index contributed by atoms with van der Waals surface area (Å²) in [5, 5.41) is 3.36. The first-order valence-corrected chi connectivity index (χ1v) is 12.2. The summed E-state index contributed by atoms with van der Waals surface area (Å²) in [6.07, 6.45) is 5.02. The second-order valence-corrected chi connectivity index (χ2v) is 9.56. The lowest BCUT2D eigenvalue weighted by Gasteiger charge is -2.40. The summed E-state index contributed by atoms with van der Waals surface area (Å²) in [5.41, 5.74) is 4.16. The number of carbonyl (C=O) groups excluding carboxylic acids is 2. The largest absolute Gasteiger partial charge is 0.497 e. The summed E-state index contributed by atoms with van der Waals surface area (Å²) in [7, 11) is 1.62. The van der Waals surface area contributed by atoms with E-state index in [4.69, 9.17) is 9.47 Å². The summed E-state index contributed by atoms with van der Waals surface area (Å²) in [6.45, 7) is 4.23. The molecular formula is C29H31NO4. The van der Waals surface area contributed by atoms with Crippen molar-refractivity contribution in [3.8, 4) is 5.75 Å². The highest BCUT2D eigenvalue weighted by molar-refractivity contribution is 6.01. The van der Waals surface area contributed by atoms with Crippen molar-refractivity contribution in [3.63, 3.8) is 0 Å². The molecule has 0 bridgehead atoms. The molecule has 2 aliphatic carbocycles.